The zero-order chi connectivity index (χ0) is 65.9. The van der Waals surface area contributed by atoms with E-state index in [0.717, 1.165) is 5.56 Å². The topological polar surface area (TPSA) is 459 Å². The number of rotatable bonds is 16. The summed E-state index contributed by atoms with van der Waals surface area (Å²) in [7, 11) is 2.51. The molecule has 87 heavy (non-hydrogen) atoms. The minimum Gasteiger partial charge on any atom is -1.00 e. The number of carboxylic acid groups (broad SMARTS) is 1. The van der Waals surface area contributed by atoms with Gasteiger partial charge in [0.15, 0.2) is 0 Å². The van der Waals surface area contributed by atoms with Gasteiger partial charge in [-0.05, 0) is 134 Å². The van der Waals surface area contributed by atoms with Crippen LogP contribution in [0.2, 0.25) is 0 Å². The number of carbonyl (C=O) groups is 2. The molecule has 0 aliphatic rings. The molecule has 0 heterocycles. The van der Waals surface area contributed by atoms with Crippen molar-refractivity contribution in [3.05, 3.63) is 173 Å². The van der Waals surface area contributed by atoms with E-state index in [2.05, 4.69) is 62.4 Å². The molecule has 0 saturated heterocycles. The molecule has 0 atom stereocenters. The monoisotopic (exact) mass is 1550 g/mol. The van der Waals surface area contributed by atoms with Crippen LogP contribution in [0.15, 0.2) is 60.7 Å². The summed E-state index contributed by atoms with van der Waals surface area (Å²) in [5, 5.41) is 86.2. The Hall–Kier alpha value is -4.90. The SMILES string of the molecule is BrP(Br)Br.COc1cc(C=O)cc([N+](=O)[O-])c1C.COc1cc(CBr)cc([N+](=O)[O-])c1C.COc1cc(CC#N)cc([N+](=O)[O-])c1C.COc1cc(CC(=O)O)cc([N+](=O)[O-])c1C.COc1cc(CO)cc([N+](=O)[O-])c1C.O=S(=O)(O)O.[B].[C-]#N.[H-].[K+].[Na+]. The number of aliphatic carboxylic acids is 1. The molecule has 3 radical (unpaired) electrons. The molecule has 5 rings (SSSR count). The molecule has 0 amide bonds. The number of aliphatic hydroxyl groups excluding tert-OH is 1. The van der Waals surface area contributed by atoms with Crippen LogP contribution >= 0.6 is 66.4 Å². The summed E-state index contributed by atoms with van der Waals surface area (Å²) in [6.45, 7) is 12.5. The van der Waals surface area contributed by atoms with Crippen molar-refractivity contribution in [1.29, 1.82) is 10.5 Å². The molecule has 0 fully saturated rings. The molecule has 39 heteroatoms. The number of hydrogen-bond donors (Lipinski definition) is 4. The fourth-order valence-electron chi connectivity index (χ4n) is 6.32. The second-order valence-electron chi connectivity index (χ2n) is 15.4. The summed E-state index contributed by atoms with van der Waals surface area (Å²) in [5.74, 6) is 1.04. The molecule has 0 aliphatic carbocycles. The number of aliphatic hydroxyl groups is 1. The van der Waals surface area contributed by atoms with Crippen molar-refractivity contribution < 1.29 is 168 Å². The molecule has 5 aromatic carbocycles. The van der Waals surface area contributed by atoms with E-state index in [1.807, 2.05) is 6.07 Å². The van der Waals surface area contributed by atoms with E-state index in [1.54, 1.807) is 58.9 Å². The van der Waals surface area contributed by atoms with Crippen LogP contribution in [0.5, 0.6) is 28.7 Å². The van der Waals surface area contributed by atoms with Gasteiger partial charge >= 0.3 is 97.3 Å². The van der Waals surface area contributed by atoms with Crippen LogP contribution in [0.4, 0.5) is 28.4 Å². The second-order valence-corrected chi connectivity index (χ2v) is 32.2. The molecular weight excluding hydrogens is 1500 g/mol. The third-order valence-electron chi connectivity index (χ3n) is 10.1. The Labute approximate surface area is 600 Å². The van der Waals surface area contributed by atoms with E-state index < -0.39 is 41.0 Å². The molecule has 0 aromatic heterocycles. The predicted octanol–water partition coefficient (Wildman–Crippen LogP) is 6.03. The molecule has 0 spiro atoms. The molecule has 463 valence electrons. The van der Waals surface area contributed by atoms with Gasteiger partial charge in [-0.25, -0.2) is 0 Å². The fourth-order valence-corrected chi connectivity index (χ4v) is 6.65. The fraction of sp³-hybridized carbons (Fsp3) is 0.292. The Kier molecular flexibility index (Phi) is 52.5. The number of nitro benzene ring substituents is 5. The number of carbonyl (C=O) groups excluding carboxylic acids is 1. The summed E-state index contributed by atoms with van der Waals surface area (Å²) >= 11 is 12.8. The first-order chi connectivity index (χ1) is 39.1. The van der Waals surface area contributed by atoms with Gasteiger partial charge in [0.1, 0.15) is 39.1 Å². The van der Waals surface area contributed by atoms with Crippen LogP contribution < -0.4 is 105 Å². The zero-order valence-electron chi connectivity index (χ0n) is 49.3. The number of hydrogen-bond acceptors (Lipinski definition) is 22. The largest absolute Gasteiger partial charge is 1.00 e. The van der Waals surface area contributed by atoms with Gasteiger partial charge in [-0.2, -0.15) is 13.7 Å². The number of methoxy groups -OCH3 is 5. The smallest absolute Gasteiger partial charge is 1.00 e. The van der Waals surface area contributed by atoms with Crippen LogP contribution in [0.25, 0.3) is 0 Å². The van der Waals surface area contributed by atoms with Crippen molar-refractivity contribution in [3.63, 3.8) is 0 Å². The summed E-state index contributed by atoms with van der Waals surface area (Å²) in [6.07, 6.45) is 0.421. The van der Waals surface area contributed by atoms with Crippen molar-refractivity contribution in [2.24, 2.45) is 0 Å². The molecule has 4 N–H and O–H groups in total. The van der Waals surface area contributed by atoms with Crippen molar-refractivity contribution in [2.45, 2.75) is 59.4 Å². The number of carboxylic acids is 1. The van der Waals surface area contributed by atoms with Gasteiger partial charge in [-0.1, -0.05) is 15.9 Å². The molecule has 0 aliphatic heterocycles. The van der Waals surface area contributed by atoms with Gasteiger partial charge in [0.2, 0.25) is 0 Å². The summed E-state index contributed by atoms with van der Waals surface area (Å²) < 4.78 is 56.3. The van der Waals surface area contributed by atoms with E-state index in [9.17, 15) is 60.2 Å². The Balaban J connectivity index is -0.000000177. The Morgan fingerprint density at radius 3 is 1.09 bits per heavy atom. The number of aldehydes is 1. The average Bonchev–Trinajstić information content (AvgIpc) is 3.36. The van der Waals surface area contributed by atoms with Gasteiger partial charge in [0, 0.05) is 49.6 Å². The maximum atomic E-state index is 10.7. The van der Waals surface area contributed by atoms with Gasteiger partial charge in [0.05, 0.1) is 114 Å². The van der Waals surface area contributed by atoms with Crippen molar-refractivity contribution in [3.8, 4) is 34.8 Å². The molecule has 30 nitrogen and oxygen atoms in total. The minimum atomic E-state index is -4.67. The summed E-state index contributed by atoms with van der Waals surface area (Å²) in [4.78, 5) is 71.9. The average molecular weight is 1550 g/mol. The molecular formula is C48H54BBr4KN7NaO23PS. The van der Waals surface area contributed by atoms with E-state index in [1.165, 1.54) is 71.9 Å². The molecule has 0 saturated carbocycles. The van der Waals surface area contributed by atoms with Crippen LogP contribution in [-0.4, -0.2) is 109 Å². The van der Waals surface area contributed by atoms with Crippen LogP contribution in [0.3, 0.4) is 0 Å². The van der Waals surface area contributed by atoms with Crippen LogP contribution in [0.1, 0.15) is 61.9 Å². The quantitative estimate of drug-likeness (QED) is 0.0128. The van der Waals surface area contributed by atoms with Gasteiger partial charge < -0.3 is 47.2 Å². The van der Waals surface area contributed by atoms with Gasteiger partial charge in [0.25, 0.3) is 28.4 Å². The first-order valence-electron chi connectivity index (χ1n) is 22.1. The van der Waals surface area contributed by atoms with Gasteiger partial charge in [-0.15, -0.1) is 0 Å². The number of nitriles is 1. The predicted molar refractivity (Wildman–Crippen MR) is 326 cm³/mol. The zero-order valence-corrected chi connectivity index (χ0v) is 61.5. The molecule has 0 unspecified atom stereocenters. The second kappa shape index (κ2) is 49.0. The number of halogens is 4. The normalized spacial score (nSPS) is 9.28. The summed E-state index contributed by atoms with van der Waals surface area (Å²) in [5.41, 5.74) is 4.60. The number of nitrogens with zero attached hydrogens (tertiary/aromatic N) is 7. The first kappa shape index (κ1) is 93.2. The maximum Gasteiger partial charge on any atom is 1.00 e. The minimum absolute atomic E-state index is 0. The standard InChI is InChI=1S/C10H10N2O3.C10H11NO5.C9H10BrNO3.C9H11NO4.C9H9NO4.CN.B.Br3P.K.Na.H2O4S.H/c1-7-9(12(13)14)5-8(3-4-11)6-10(7)15-2;1-6-8(11(14)15)3-7(5-10(12)13)4-9(6)16-2;1-6-8(11(12)13)3-7(5-10)4-9(6)14-2;2*1-6-8(10(12)13)3-7(5-11)4-9(6)14-2;1-2;;1-4(2)3;;;1-5(2,3)4;/h5-6H,3H2,1-2H3;3-4H,5H2,1-2H3,(H,12,13);3-4H,5H2,1-2H3;3-4,11H,5H2,1-2H3;3-5H,1-2H3;;;;;;(H2,1,2,3,4);/q;;;;;-1;;;2*+1;;-1. The Bertz CT molecular complexity index is 3230. The van der Waals surface area contributed by atoms with Crippen molar-refractivity contribution in [2.75, 3.05) is 35.5 Å². The Morgan fingerprint density at radius 1 is 0.598 bits per heavy atom. The third kappa shape index (κ3) is 36.4. The van der Waals surface area contributed by atoms with E-state index in [4.69, 9.17) is 68.5 Å². The van der Waals surface area contributed by atoms with E-state index in [0.29, 0.717) is 84.9 Å². The number of nitro groups is 5. The molecule has 0 bridgehead atoms. The number of benzene rings is 5. The summed E-state index contributed by atoms with van der Waals surface area (Å²) in [6, 6.07) is 16.7. The van der Waals surface area contributed by atoms with Gasteiger partial charge in [-0.3, -0.25) is 69.3 Å². The van der Waals surface area contributed by atoms with Crippen LogP contribution in [-0.2, 0) is 40.0 Å². The molecule has 5 aromatic rings. The Morgan fingerprint density at radius 2 is 0.839 bits per heavy atom. The van der Waals surface area contributed by atoms with E-state index >= 15 is 0 Å². The number of alkyl halides is 1. The van der Waals surface area contributed by atoms with E-state index in [-0.39, 0.29) is 148 Å². The first-order valence-corrected chi connectivity index (χ1v) is 32.0. The van der Waals surface area contributed by atoms with Crippen molar-refractivity contribution >= 4 is 126 Å². The third-order valence-corrected chi connectivity index (χ3v) is 10.8. The maximum absolute atomic E-state index is 10.7. The van der Waals surface area contributed by atoms with Crippen LogP contribution in [0, 0.1) is 108 Å². The number of ether oxygens (including phenoxy) is 5. The van der Waals surface area contributed by atoms with Crippen molar-refractivity contribution in [1.82, 2.24) is 0 Å².